The lowest BCUT2D eigenvalue weighted by molar-refractivity contribution is -0.142. The van der Waals surface area contributed by atoms with Crippen LogP contribution in [0.4, 0.5) is 0 Å². The van der Waals surface area contributed by atoms with Crippen molar-refractivity contribution in [2.75, 3.05) is 6.54 Å². The molecule has 3 nitrogen and oxygen atoms in total. The summed E-state index contributed by atoms with van der Waals surface area (Å²) in [4.78, 5) is 13.6. The fourth-order valence-electron chi connectivity index (χ4n) is 2.20. The topological polar surface area (TPSA) is 23.6 Å². The SMILES string of the molecule is CC(C)N1C/C(=C/c2cccs2)C(=O)N1C(C)C. The van der Waals surface area contributed by atoms with E-state index in [9.17, 15) is 4.79 Å². The Morgan fingerprint density at radius 1 is 1.28 bits per heavy atom. The molecule has 1 fully saturated rings. The van der Waals surface area contributed by atoms with Crippen LogP contribution in [0.25, 0.3) is 6.08 Å². The zero-order chi connectivity index (χ0) is 13.3. The highest BCUT2D eigenvalue weighted by molar-refractivity contribution is 7.10. The first-order valence-electron chi connectivity index (χ1n) is 6.35. The molecule has 1 aromatic rings. The molecule has 4 heteroatoms. The van der Waals surface area contributed by atoms with Crippen LogP contribution < -0.4 is 0 Å². The average molecular weight is 264 g/mol. The zero-order valence-electron chi connectivity index (χ0n) is 11.4. The molecule has 1 saturated heterocycles. The second-order valence-corrected chi connectivity index (χ2v) is 6.10. The number of nitrogens with zero attached hydrogens (tertiary/aromatic N) is 2. The van der Waals surface area contributed by atoms with E-state index < -0.39 is 0 Å². The number of rotatable bonds is 3. The van der Waals surface area contributed by atoms with Gasteiger partial charge in [-0.05, 0) is 45.2 Å². The minimum Gasteiger partial charge on any atom is -0.268 e. The van der Waals surface area contributed by atoms with Crippen molar-refractivity contribution in [3.63, 3.8) is 0 Å². The van der Waals surface area contributed by atoms with Gasteiger partial charge in [0.25, 0.3) is 5.91 Å². The molecule has 0 spiro atoms. The van der Waals surface area contributed by atoms with Crippen molar-refractivity contribution in [2.45, 2.75) is 39.8 Å². The Morgan fingerprint density at radius 3 is 2.44 bits per heavy atom. The van der Waals surface area contributed by atoms with Crippen LogP contribution in [0.15, 0.2) is 23.1 Å². The number of thiophene rings is 1. The Hall–Kier alpha value is -1.13. The van der Waals surface area contributed by atoms with Crippen LogP contribution in [0, 0.1) is 0 Å². The summed E-state index contributed by atoms with van der Waals surface area (Å²) in [6, 6.07) is 4.60. The van der Waals surface area contributed by atoms with Crippen LogP contribution in [0.2, 0.25) is 0 Å². The van der Waals surface area contributed by atoms with Gasteiger partial charge < -0.3 is 0 Å². The molecule has 18 heavy (non-hydrogen) atoms. The van der Waals surface area contributed by atoms with Crippen molar-refractivity contribution < 1.29 is 4.79 Å². The van der Waals surface area contributed by atoms with E-state index in [0.29, 0.717) is 12.6 Å². The minimum atomic E-state index is 0.145. The van der Waals surface area contributed by atoms with Gasteiger partial charge in [0.2, 0.25) is 0 Å². The standard InChI is InChI=1S/C14H20N2OS/c1-10(2)15-9-12(8-13-6-5-7-18-13)14(17)16(15)11(3)4/h5-8,10-11H,9H2,1-4H3/b12-8-. The van der Waals surface area contributed by atoms with Crippen molar-refractivity contribution in [1.29, 1.82) is 0 Å². The largest absolute Gasteiger partial charge is 0.268 e. The van der Waals surface area contributed by atoms with Crippen molar-refractivity contribution in [1.82, 2.24) is 10.0 Å². The number of amides is 1. The van der Waals surface area contributed by atoms with Gasteiger partial charge in [0, 0.05) is 29.1 Å². The van der Waals surface area contributed by atoms with E-state index >= 15 is 0 Å². The van der Waals surface area contributed by atoms with Crippen LogP contribution in [-0.2, 0) is 4.79 Å². The molecule has 0 saturated carbocycles. The van der Waals surface area contributed by atoms with Gasteiger partial charge in [0.05, 0.1) is 0 Å². The number of hydrazine groups is 1. The van der Waals surface area contributed by atoms with E-state index in [1.54, 1.807) is 11.3 Å². The molecule has 2 rings (SSSR count). The van der Waals surface area contributed by atoms with Crippen LogP contribution in [-0.4, -0.2) is 34.6 Å². The molecule has 0 unspecified atom stereocenters. The molecular weight excluding hydrogens is 244 g/mol. The molecule has 1 amide bonds. The third kappa shape index (κ3) is 2.49. The quantitative estimate of drug-likeness (QED) is 0.784. The molecule has 0 bridgehead atoms. The van der Waals surface area contributed by atoms with E-state index in [1.165, 1.54) is 0 Å². The third-order valence-corrected chi connectivity index (χ3v) is 3.86. The summed E-state index contributed by atoms with van der Waals surface area (Å²) >= 11 is 1.67. The zero-order valence-corrected chi connectivity index (χ0v) is 12.2. The first-order chi connectivity index (χ1) is 8.50. The highest BCUT2D eigenvalue weighted by Gasteiger charge is 2.36. The van der Waals surface area contributed by atoms with Gasteiger partial charge in [-0.15, -0.1) is 11.3 Å². The molecule has 0 aliphatic carbocycles. The van der Waals surface area contributed by atoms with E-state index in [1.807, 2.05) is 28.6 Å². The number of hydrogen-bond donors (Lipinski definition) is 0. The lowest BCUT2D eigenvalue weighted by atomic mass is 10.2. The van der Waals surface area contributed by atoms with E-state index in [0.717, 1.165) is 10.5 Å². The molecule has 2 heterocycles. The van der Waals surface area contributed by atoms with Crippen LogP contribution in [0.1, 0.15) is 32.6 Å². The van der Waals surface area contributed by atoms with Crippen LogP contribution in [0.3, 0.4) is 0 Å². The van der Waals surface area contributed by atoms with E-state index in [2.05, 4.69) is 32.7 Å². The predicted molar refractivity (Wildman–Crippen MR) is 76.1 cm³/mol. The maximum absolute atomic E-state index is 12.4. The fraction of sp³-hybridized carbons (Fsp3) is 0.500. The monoisotopic (exact) mass is 264 g/mol. The molecule has 0 atom stereocenters. The van der Waals surface area contributed by atoms with Gasteiger partial charge in [0.1, 0.15) is 0 Å². The van der Waals surface area contributed by atoms with Crippen molar-refractivity contribution >= 4 is 23.3 Å². The highest BCUT2D eigenvalue weighted by atomic mass is 32.1. The highest BCUT2D eigenvalue weighted by Crippen LogP contribution is 2.25. The second kappa shape index (κ2) is 5.24. The van der Waals surface area contributed by atoms with Crippen molar-refractivity contribution in [3.8, 4) is 0 Å². The second-order valence-electron chi connectivity index (χ2n) is 5.12. The van der Waals surface area contributed by atoms with Gasteiger partial charge >= 0.3 is 0 Å². The maximum atomic E-state index is 12.4. The number of hydrogen-bond acceptors (Lipinski definition) is 3. The normalized spacial score (nSPS) is 19.8. The van der Waals surface area contributed by atoms with Gasteiger partial charge in [-0.25, -0.2) is 5.01 Å². The molecule has 1 aromatic heterocycles. The Bertz CT molecular complexity index is 448. The summed E-state index contributed by atoms with van der Waals surface area (Å²) < 4.78 is 0. The van der Waals surface area contributed by atoms with Crippen molar-refractivity contribution in [2.24, 2.45) is 0 Å². The van der Waals surface area contributed by atoms with E-state index in [4.69, 9.17) is 0 Å². The summed E-state index contributed by atoms with van der Waals surface area (Å²) in [5.74, 6) is 0.145. The van der Waals surface area contributed by atoms with Crippen LogP contribution in [0.5, 0.6) is 0 Å². The molecule has 0 aromatic carbocycles. The molecular formula is C14H20N2OS. The molecule has 0 N–H and O–H groups in total. The smallest absolute Gasteiger partial charge is 0.265 e. The van der Waals surface area contributed by atoms with Crippen LogP contribution >= 0.6 is 11.3 Å². The van der Waals surface area contributed by atoms with Gasteiger partial charge in [-0.3, -0.25) is 9.80 Å². The van der Waals surface area contributed by atoms with Gasteiger partial charge in [-0.1, -0.05) is 6.07 Å². The summed E-state index contributed by atoms with van der Waals surface area (Å²) in [5.41, 5.74) is 0.889. The molecule has 1 aliphatic rings. The Morgan fingerprint density at radius 2 is 2.00 bits per heavy atom. The Kier molecular flexibility index (Phi) is 3.88. The average Bonchev–Trinajstić information content (AvgIpc) is 2.88. The Balaban J connectivity index is 2.28. The maximum Gasteiger partial charge on any atom is 0.265 e. The summed E-state index contributed by atoms with van der Waals surface area (Å²) in [6.07, 6.45) is 2.02. The van der Waals surface area contributed by atoms with Gasteiger partial charge in [0.15, 0.2) is 0 Å². The molecule has 0 radical (unpaired) electrons. The summed E-state index contributed by atoms with van der Waals surface area (Å²) in [7, 11) is 0. The lowest BCUT2D eigenvalue weighted by Crippen LogP contribution is -2.46. The van der Waals surface area contributed by atoms with Crippen molar-refractivity contribution in [3.05, 3.63) is 28.0 Å². The lowest BCUT2D eigenvalue weighted by Gasteiger charge is -2.33. The number of carbonyl (C=O) groups is 1. The third-order valence-electron chi connectivity index (χ3n) is 3.04. The predicted octanol–water partition coefficient (Wildman–Crippen LogP) is 3.01. The number of carbonyl (C=O) groups excluding carboxylic acids is 1. The Labute approximate surface area is 113 Å². The van der Waals surface area contributed by atoms with Gasteiger partial charge in [-0.2, -0.15) is 0 Å². The molecule has 98 valence electrons. The fourth-order valence-corrected chi connectivity index (χ4v) is 2.88. The summed E-state index contributed by atoms with van der Waals surface area (Å²) in [6.45, 7) is 9.07. The minimum absolute atomic E-state index is 0.145. The van der Waals surface area contributed by atoms with E-state index in [-0.39, 0.29) is 11.9 Å². The first kappa shape index (κ1) is 13.3. The first-order valence-corrected chi connectivity index (χ1v) is 7.23. The molecule has 1 aliphatic heterocycles. The summed E-state index contributed by atoms with van der Waals surface area (Å²) in [5, 5.41) is 6.06.